The summed E-state index contributed by atoms with van der Waals surface area (Å²) in [6.45, 7) is 0. The molecule has 0 aliphatic carbocycles. The first kappa shape index (κ1) is 10.8. The molecule has 0 aliphatic heterocycles. The molecule has 0 unspecified atom stereocenters. The smallest absolute Gasteiger partial charge is 0.129 e. The topological polar surface area (TPSA) is 22.1 Å². The molecule has 0 spiro atoms. The lowest BCUT2D eigenvalue weighted by atomic mass is 10.2. The van der Waals surface area contributed by atoms with Crippen LogP contribution in [0.5, 0.6) is 5.75 Å². The molecule has 0 N–H and O–H groups in total. The molecule has 5 heteroatoms. The van der Waals surface area contributed by atoms with Crippen molar-refractivity contribution in [3.63, 3.8) is 0 Å². The third-order valence-corrected chi connectivity index (χ3v) is 3.13. The second-order valence-electron chi connectivity index (χ2n) is 2.89. The third kappa shape index (κ3) is 1.73. The second-order valence-corrected chi connectivity index (χ2v) is 4.09. The largest absolute Gasteiger partial charge is 0.496 e. The number of hydrogen-bond donors (Lipinski definition) is 0. The molecule has 0 radical (unpaired) electrons. The van der Waals surface area contributed by atoms with Crippen LogP contribution in [0, 0.1) is 0 Å². The number of nitrogens with zero attached hydrogens (tertiary/aromatic N) is 1. The number of ether oxygens (including phenoxy) is 1. The van der Waals surface area contributed by atoms with Crippen molar-refractivity contribution >= 4 is 45.7 Å². The molecule has 0 bridgehead atoms. The van der Waals surface area contributed by atoms with Gasteiger partial charge in [0.25, 0.3) is 0 Å². The van der Waals surface area contributed by atoms with Crippen LogP contribution in [0.2, 0.25) is 15.1 Å². The summed E-state index contributed by atoms with van der Waals surface area (Å²) in [6, 6.07) is 3.44. The highest BCUT2D eigenvalue weighted by Gasteiger charge is 2.12. The Kier molecular flexibility index (Phi) is 2.91. The highest BCUT2D eigenvalue weighted by Crippen LogP contribution is 2.38. The standard InChI is InChI=1S/C10H6Cl3NO/c1-15-7-3-2-5(11)10-8(7)9(13)6(12)4-14-10/h2-4H,1H3. The molecule has 0 atom stereocenters. The van der Waals surface area contributed by atoms with Crippen molar-refractivity contribution in [1.82, 2.24) is 4.98 Å². The number of rotatable bonds is 1. The maximum Gasteiger partial charge on any atom is 0.129 e. The molecule has 2 rings (SSSR count). The van der Waals surface area contributed by atoms with Gasteiger partial charge in [-0.2, -0.15) is 0 Å². The minimum atomic E-state index is 0.379. The molecule has 1 aromatic carbocycles. The quantitative estimate of drug-likeness (QED) is 0.768. The summed E-state index contributed by atoms with van der Waals surface area (Å²) in [5.41, 5.74) is 0.588. The predicted octanol–water partition coefficient (Wildman–Crippen LogP) is 4.20. The summed E-state index contributed by atoms with van der Waals surface area (Å²) in [7, 11) is 1.56. The van der Waals surface area contributed by atoms with E-state index in [0.29, 0.717) is 31.7 Å². The molecular formula is C10H6Cl3NO. The van der Waals surface area contributed by atoms with E-state index in [-0.39, 0.29) is 0 Å². The zero-order valence-electron chi connectivity index (χ0n) is 7.72. The van der Waals surface area contributed by atoms with Gasteiger partial charge in [0.05, 0.1) is 33.1 Å². The fraction of sp³-hybridized carbons (Fsp3) is 0.100. The van der Waals surface area contributed by atoms with Crippen molar-refractivity contribution in [1.29, 1.82) is 0 Å². The van der Waals surface area contributed by atoms with E-state index in [2.05, 4.69) is 4.98 Å². The monoisotopic (exact) mass is 261 g/mol. The zero-order chi connectivity index (χ0) is 11.0. The van der Waals surface area contributed by atoms with Gasteiger partial charge in [-0.3, -0.25) is 4.98 Å². The highest BCUT2D eigenvalue weighted by molar-refractivity contribution is 6.46. The van der Waals surface area contributed by atoms with Crippen LogP contribution in [-0.4, -0.2) is 12.1 Å². The average Bonchev–Trinajstić information content (AvgIpc) is 2.24. The van der Waals surface area contributed by atoms with Gasteiger partial charge in [0, 0.05) is 6.20 Å². The van der Waals surface area contributed by atoms with E-state index in [4.69, 9.17) is 39.5 Å². The van der Waals surface area contributed by atoms with Crippen LogP contribution in [-0.2, 0) is 0 Å². The Bertz CT molecular complexity index is 528. The van der Waals surface area contributed by atoms with Crippen LogP contribution in [0.25, 0.3) is 10.9 Å². The van der Waals surface area contributed by atoms with Crippen LogP contribution in [0.1, 0.15) is 0 Å². The van der Waals surface area contributed by atoms with E-state index in [1.807, 2.05) is 0 Å². The number of aromatic nitrogens is 1. The van der Waals surface area contributed by atoms with Crippen molar-refractivity contribution in [3.05, 3.63) is 33.4 Å². The summed E-state index contributed by atoms with van der Waals surface area (Å²) >= 11 is 17.9. The van der Waals surface area contributed by atoms with Gasteiger partial charge in [0.15, 0.2) is 0 Å². The van der Waals surface area contributed by atoms with Gasteiger partial charge in [0.1, 0.15) is 5.75 Å². The Morgan fingerprint density at radius 1 is 1.13 bits per heavy atom. The number of methoxy groups -OCH3 is 1. The van der Waals surface area contributed by atoms with Crippen molar-refractivity contribution in [3.8, 4) is 5.75 Å². The molecule has 0 aliphatic rings. The molecule has 1 heterocycles. The van der Waals surface area contributed by atoms with E-state index in [1.54, 1.807) is 19.2 Å². The van der Waals surface area contributed by atoms with Crippen LogP contribution < -0.4 is 4.74 Å². The number of benzene rings is 1. The molecular weight excluding hydrogens is 256 g/mol. The number of pyridine rings is 1. The predicted molar refractivity (Wildman–Crippen MR) is 63.3 cm³/mol. The summed E-state index contributed by atoms with van der Waals surface area (Å²) in [4.78, 5) is 4.12. The molecule has 0 fully saturated rings. The maximum absolute atomic E-state index is 6.07. The minimum Gasteiger partial charge on any atom is -0.496 e. The maximum atomic E-state index is 6.07. The zero-order valence-corrected chi connectivity index (χ0v) is 9.99. The van der Waals surface area contributed by atoms with Crippen LogP contribution in [0.4, 0.5) is 0 Å². The van der Waals surface area contributed by atoms with Crippen molar-refractivity contribution in [2.24, 2.45) is 0 Å². The Balaban J connectivity index is 2.95. The first-order valence-electron chi connectivity index (χ1n) is 4.11. The van der Waals surface area contributed by atoms with Gasteiger partial charge in [-0.25, -0.2) is 0 Å². The van der Waals surface area contributed by atoms with Gasteiger partial charge >= 0.3 is 0 Å². The molecule has 78 valence electrons. The fourth-order valence-corrected chi connectivity index (χ4v) is 1.93. The van der Waals surface area contributed by atoms with Gasteiger partial charge in [-0.05, 0) is 12.1 Å². The van der Waals surface area contributed by atoms with Crippen LogP contribution in [0.3, 0.4) is 0 Å². The second kappa shape index (κ2) is 4.05. The van der Waals surface area contributed by atoms with Crippen molar-refractivity contribution in [2.75, 3.05) is 7.11 Å². The van der Waals surface area contributed by atoms with E-state index < -0.39 is 0 Å². The molecule has 2 aromatic rings. The first-order chi connectivity index (χ1) is 7.15. The average molecular weight is 263 g/mol. The molecule has 0 amide bonds. The van der Waals surface area contributed by atoms with Gasteiger partial charge in [-0.1, -0.05) is 34.8 Å². The Hall–Kier alpha value is -0.700. The molecule has 2 nitrogen and oxygen atoms in total. The van der Waals surface area contributed by atoms with Gasteiger partial charge < -0.3 is 4.74 Å². The number of fused-ring (bicyclic) bond motifs is 1. The Morgan fingerprint density at radius 3 is 2.53 bits per heavy atom. The summed E-state index contributed by atoms with van der Waals surface area (Å²) in [5, 5.41) is 1.94. The third-order valence-electron chi connectivity index (χ3n) is 2.05. The van der Waals surface area contributed by atoms with E-state index in [9.17, 15) is 0 Å². The molecule has 0 saturated heterocycles. The van der Waals surface area contributed by atoms with Crippen molar-refractivity contribution < 1.29 is 4.74 Å². The SMILES string of the molecule is COc1ccc(Cl)c2ncc(Cl)c(Cl)c12. The van der Waals surface area contributed by atoms with Crippen LogP contribution >= 0.6 is 34.8 Å². The molecule has 0 saturated carbocycles. The lowest BCUT2D eigenvalue weighted by Crippen LogP contribution is -1.89. The minimum absolute atomic E-state index is 0.379. The van der Waals surface area contributed by atoms with E-state index >= 15 is 0 Å². The lowest BCUT2D eigenvalue weighted by Gasteiger charge is -2.08. The summed E-state index contributed by atoms with van der Waals surface area (Å²) < 4.78 is 5.18. The van der Waals surface area contributed by atoms with Gasteiger partial charge in [0.2, 0.25) is 0 Å². The number of hydrogen-bond acceptors (Lipinski definition) is 2. The normalized spacial score (nSPS) is 10.7. The summed E-state index contributed by atoms with van der Waals surface area (Å²) in [6.07, 6.45) is 1.47. The first-order valence-corrected chi connectivity index (χ1v) is 5.24. The van der Waals surface area contributed by atoms with E-state index in [1.165, 1.54) is 6.20 Å². The molecule has 15 heavy (non-hydrogen) atoms. The van der Waals surface area contributed by atoms with Crippen molar-refractivity contribution in [2.45, 2.75) is 0 Å². The highest BCUT2D eigenvalue weighted by atomic mass is 35.5. The lowest BCUT2D eigenvalue weighted by molar-refractivity contribution is 0.420. The van der Waals surface area contributed by atoms with Gasteiger partial charge in [-0.15, -0.1) is 0 Å². The summed E-state index contributed by atoms with van der Waals surface area (Å²) in [5.74, 6) is 0.606. The van der Waals surface area contributed by atoms with E-state index in [0.717, 1.165) is 0 Å². The molecule has 1 aromatic heterocycles. The fourth-order valence-electron chi connectivity index (χ4n) is 1.35. The number of halogens is 3. The Morgan fingerprint density at radius 2 is 1.87 bits per heavy atom. The Labute approximate surface area is 102 Å². The van der Waals surface area contributed by atoms with Crippen LogP contribution in [0.15, 0.2) is 18.3 Å².